The average molecular weight is 383 g/mol. The number of anilines is 2. The molecule has 0 aliphatic rings. The number of urea groups is 1. The van der Waals surface area contributed by atoms with Gasteiger partial charge in [0.15, 0.2) is 5.13 Å². The van der Waals surface area contributed by atoms with Crippen LogP contribution in [0.3, 0.4) is 0 Å². The first-order valence-corrected chi connectivity index (χ1v) is 9.92. The highest BCUT2D eigenvalue weighted by Crippen LogP contribution is 2.29. The molecule has 7 nitrogen and oxygen atoms in total. The fourth-order valence-electron chi connectivity index (χ4n) is 1.92. The third-order valence-electron chi connectivity index (χ3n) is 3.07. The summed E-state index contributed by atoms with van der Waals surface area (Å²) in [5, 5.41) is 6.15. The van der Waals surface area contributed by atoms with Gasteiger partial charge in [0.1, 0.15) is 5.00 Å². The van der Waals surface area contributed by atoms with E-state index in [1.807, 2.05) is 27.7 Å². The van der Waals surface area contributed by atoms with E-state index in [1.165, 1.54) is 12.1 Å². The summed E-state index contributed by atoms with van der Waals surface area (Å²) in [6.07, 6.45) is 0. The second kappa shape index (κ2) is 7.01. The molecule has 0 radical (unpaired) electrons. The Labute approximate surface area is 151 Å². The molecule has 0 saturated heterocycles. The maximum atomic E-state index is 12.4. The second-order valence-electron chi connectivity index (χ2n) is 6.68. The highest BCUT2D eigenvalue weighted by atomic mass is 32.2. The maximum Gasteiger partial charge on any atom is 0.320 e. The molecular formula is C16H22N4O3S2. The zero-order valence-electron chi connectivity index (χ0n) is 14.8. The SMILES string of the molecule is Cc1ccc(S(=O)(=O)Nc2nc(C)c(NC(=O)NC(C)(C)C)s2)cc1. The number of amides is 2. The van der Waals surface area contributed by atoms with E-state index < -0.39 is 10.0 Å². The molecule has 0 atom stereocenters. The topological polar surface area (TPSA) is 100 Å². The Morgan fingerprint density at radius 1 is 1.12 bits per heavy atom. The van der Waals surface area contributed by atoms with Crippen molar-refractivity contribution in [3.05, 3.63) is 35.5 Å². The molecule has 1 aromatic carbocycles. The van der Waals surface area contributed by atoms with Gasteiger partial charge in [-0.05, 0) is 46.8 Å². The molecule has 2 rings (SSSR count). The normalized spacial score (nSPS) is 11.9. The van der Waals surface area contributed by atoms with Crippen LogP contribution in [0.25, 0.3) is 0 Å². The standard InChI is InChI=1S/C16H22N4O3S2/c1-10-6-8-12(9-7-10)25(22,23)20-15-17-11(2)13(24-15)18-14(21)19-16(3,4)5/h6-9H,1-5H3,(H,17,20)(H2,18,19,21). The summed E-state index contributed by atoms with van der Waals surface area (Å²) in [5.41, 5.74) is 1.13. The Hall–Kier alpha value is -2.13. The average Bonchev–Trinajstić information content (AvgIpc) is 2.76. The molecule has 1 heterocycles. The predicted octanol–water partition coefficient (Wildman–Crippen LogP) is 3.48. The van der Waals surface area contributed by atoms with E-state index in [0.29, 0.717) is 10.7 Å². The molecule has 9 heteroatoms. The van der Waals surface area contributed by atoms with Crippen LogP contribution in [0.5, 0.6) is 0 Å². The Bertz CT molecular complexity index is 866. The lowest BCUT2D eigenvalue weighted by atomic mass is 10.1. The zero-order valence-corrected chi connectivity index (χ0v) is 16.4. The highest BCUT2D eigenvalue weighted by molar-refractivity contribution is 7.93. The zero-order chi connectivity index (χ0) is 18.8. The summed E-state index contributed by atoms with van der Waals surface area (Å²) >= 11 is 1.07. The largest absolute Gasteiger partial charge is 0.333 e. The van der Waals surface area contributed by atoms with Crippen LogP contribution in [0.15, 0.2) is 29.2 Å². The minimum absolute atomic E-state index is 0.158. The van der Waals surface area contributed by atoms with Crippen molar-refractivity contribution in [1.82, 2.24) is 10.3 Å². The van der Waals surface area contributed by atoms with E-state index in [1.54, 1.807) is 19.1 Å². The summed E-state index contributed by atoms with van der Waals surface area (Å²) in [4.78, 5) is 16.3. The number of thiazole rings is 1. The fraction of sp³-hybridized carbons (Fsp3) is 0.375. The number of carbonyl (C=O) groups is 1. The summed E-state index contributed by atoms with van der Waals surface area (Å²) in [6.45, 7) is 9.19. The number of carbonyl (C=O) groups excluding carboxylic acids is 1. The lowest BCUT2D eigenvalue weighted by molar-refractivity contribution is 0.244. The van der Waals surface area contributed by atoms with Gasteiger partial charge in [-0.25, -0.2) is 18.2 Å². The van der Waals surface area contributed by atoms with Gasteiger partial charge in [0.05, 0.1) is 10.6 Å². The second-order valence-corrected chi connectivity index (χ2v) is 9.36. The minimum Gasteiger partial charge on any atom is -0.333 e. The number of hydrogen-bond acceptors (Lipinski definition) is 5. The van der Waals surface area contributed by atoms with Crippen LogP contribution in [0.4, 0.5) is 14.9 Å². The third-order valence-corrected chi connectivity index (χ3v) is 5.54. The van der Waals surface area contributed by atoms with Gasteiger partial charge in [-0.2, -0.15) is 0 Å². The number of benzene rings is 1. The van der Waals surface area contributed by atoms with E-state index in [0.717, 1.165) is 16.9 Å². The summed E-state index contributed by atoms with van der Waals surface area (Å²) in [7, 11) is -3.72. The molecule has 0 spiro atoms. The van der Waals surface area contributed by atoms with Crippen LogP contribution in [0.1, 0.15) is 32.0 Å². The van der Waals surface area contributed by atoms with Gasteiger partial charge >= 0.3 is 6.03 Å². The van der Waals surface area contributed by atoms with Crippen LogP contribution < -0.4 is 15.4 Å². The summed E-state index contributed by atoms with van der Waals surface area (Å²) in [5.74, 6) is 0. The van der Waals surface area contributed by atoms with E-state index in [-0.39, 0.29) is 21.6 Å². The Balaban J connectivity index is 2.14. The molecule has 0 bridgehead atoms. The van der Waals surface area contributed by atoms with Crippen LogP contribution in [-0.4, -0.2) is 25.0 Å². The predicted molar refractivity (Wildman–Crippen MR) is 101 cm³/mol. The molecule has 0 aliphatic carbocycles. The Kier molecular flexibility index (Phi) is 5.38. The van der Waals surface area contributed by atoms with Crippen molar-refractivity contribution in [2.45, 2.75) is 45.1 Å². The van der Waals surface area contributed by atoms with Gasteiger partial charge in [-0.3, -0.25) is 10.0 Å². The number of hydrogen-bond donors (Lipinski definition) is 3. The van der Waals surface area contributed by atoms with Crippen LogP contribution >= 0.6 is 11.3 Å². The number of sulfonamides is 1. The fourth-order valence-corrected chi connectivity index (χ4v) is 4.02. The molecule has 0 saturated carbocycles. The van der Waals surface area contributed by atoms with Gasteiger partial charge in [-0.1, -0.05) is 29.0 Å². The van der Waals surface area contributed by atoms with Crippen molar-refractivity contribution < 1.29 is 13.2 Å². The molecule has 1 aromatic heterocycles. The quantitative estimate of drug-likeness (QED) is 0.753. The lowest BCUT2D eigenvalue weighted by Gasteiger charge is -2.20. The van der Waals surface area contributed by atoms with Gasteiger partial charge in [0, 0.05) is 5.54 Å². The van der Waals surface area contributed by atoms with Gasteiger partial charge in [0.2, 0.25) is 0 Å². The molecule has 0 unspecified atom stereocenters. The van der Waals surface area contributed by atoms with Crippen molar-refractivity contribution in [1.29, 1.82) is 0 Å². The van der Waals surface area contributed by atoms with Crippen LogP contribution in [0.2, 0.25) is 0 Å². The van der Waals surface area contributed by atoms with Gasteiger partial charge in [-0.15, -0.1) is 0 Å². The maximum absolute atomic E-state index is 12.4. The Morgan fingerprint density at radius 2 is 1.72 bits per heavy atom. The first kappa shape index (κ1) is 19.2. The van der Waals surface area contributed by atoms with Gasteiger partial charge < -0.3 is 5.32 Å². The molecule has 0 fully saturated rings. The highest BCUT2D eigenvalue weighted by Gasteiger charge is 2.19. The van der Waals surface area contributed by atoms with Crippen molar-refractivity contribution in [2.75, 3.05) is 10.0 Å². The first-order valence-electron chi connectivity index (χ1n) is 7.62. The molecule has 136 valence electrons. The van der Waals surface area contributed by atoms with Gasteiger partial charge in [0.25, 0.3) is 10.0 Å². The van der Waals surface area contributed by atoms with Crippen LogP contribution in [-0.2, 0) is 10.0 Å². The number of nitrogens with one attached hydrogen (secondary N) is 3. The van der Waals surface area contributed by atoms with Crippen molar-refractivity contribution in [3.8, 4) is 0 Å². The number of aryl methyl sites for hydroxylation is 2. The third kappa shape index (κ3) is 5.43. The lowest BCUT2D eigenvalue weighted by Crippen LogP contribution is -2.43. The van der Waals surface area contributed by atoms with Crippen molar-refractivity contribution >= 4 is 37.5 Å². The monoisotopic (exact) mass is 382 g/mol. The summed E-state index contributed by atoms with van der Waals surface area (Å²) < 4.78 is 27.2. The molecule has 3 N–H and O–H groups in total. The number of aromatic nitrogens is 1. The molecule has 2 aromatic rings. The van der Waals surface area contributed by atoms with E-state index in [2.05, 4.69) is 20.3 Å². The van der Waals surface area contributed by atoms with Crippen LogP contribution in [0, 0.1) is 13.8 Å². The number of nitrogens with zero attached hydrogens (tertiary/aromatic N) is 1. The smallest absolute Gasteiger partial charge is 0.320 e. The molecule has 0 aliphatic heterocycles. The van der Waals surface area contributed by atoms with E-state index >= 15 is 0 Å². The number of rotatable bonds is 4. The first-order chi connectivity index (χ1) is 11.5. The van der Waals surface area contributed by atoms with Crippen molar-refractivity contribution in [3.63, 3.8) is 0 Å². The molecular weight excluding hydrogens is 360 g/mol. The Morgan fingerprint density at radius 3 is 2.28 bits per heavy atom. The van der Waals surface area contributed by atoms with E-state index in [4.69, 9.17) is 0 Å². The van der Waals surface area contributed by atoms with E-state index in [9.17, 15) is 13.2 Å². The molecule has 25 heavy (non-hydrogen) atoms. The molecule has 2 amide bonds. The minimum atomic E-state index is -3.72. The van der Waals surface area contributed by atoms with Crippen molar-refractivity contribution in [2.24, 2.45) is 0 Å². The summed E-state index contributed by atoms with van der Waals surface area (Å²) in [6, 6.07) is 6.16.